The van der Waals surface area contributed by atoms with E-state index in [1.807, 2.05) is 31.2 Å². The van der Waals surface area contributed by atoms with Crippen molar-refractivity contribution in [3.63, 3.8) is 0 Å². The number of nitrogens with zero attached hydrogens (tertiary/aromatic N) is 1. The van der Waals surface area contributed by atoms with E-state index in [1.54, 1.807) is 0 Å². The van der Waals surface area contributed by atoms with Crippen LogP contribution in [0.2, 0.25) is 0 Å². The average Bonchev–Trinajstić information content (AvgIpc) is 2.82. The summed E-state index contributed by atoms with van der Waals surface area (Å²) in [4.78, 5) is 12.5. The van der Waals surface area contributed by atoms with Crippen LogP contribution < -0.4 is 14.4 Å². The molecule has 1 N–H and O–H groups in total. The fourth-order valence-corrected chi connectivity index (χ4v) is 4.72. The maximum Gasteiger partial charge on any atom is 0.264 e. The summed E-state index contributed by atoms with van der Waals surface area (Å²) in [6.45, 7) is 1.85. The Labute approximate surface area is 194 Å². The van der Waals surface area contributed by atoms with Gasteiger partial charge >= 0.3 is 0 Å². The van der Waals surface area contributed by atoms with Crippen LogP contribution in [0.25, 0.3) is 0 Å². The van der Waals surface area contributed by atoms with Crippen LogP contribution in [0.15, 0.2) is 77.7 Å². The summed E-state index contributed by atoms with van der Waals surface area (Å²) in [5.41, 5.74) is 2.14. The molecule has 0 radical (unpaired) electrons. The van der Waals surface area contributed by atoms with Gasteiger partial charge in [-0.1, -0.05) is 42.0 Å². The molecule has 0 bridgehead atoms. The fourth-order valence-electron chi connectivity index (χ4n) is 3.29. The minimum absolute atomic E-state index is 0.0706. The molecular formula is C25H27FN2O4S. The summed E-state index contributed by atoms with van der Waals surface area (Å²) in [6.07, 6.45) is 1.47. The van der Waals surface area contributed by atoms with Crippen molar-refractivity contribution in [1.29, 1.82) is 0 Å². The van der Waals surface area contributed by atoms with E-state index >= 15 is 0 Å². The number of sulfonamides is 1. The Morgan fingerprint density at radius 3 is 2.30 bits per heavy atom. The highest BCUT2D eigenvalue weighted by Gasteiger charge is 2.29. The zero-order valence-corrected chi connectivity index (χ0v) is 19.4. The van der Waals surface area contributed by atoms with Crippen LogP contribution in [0, 0.1) is 12.7 Å². The van der Waals surface area contributed by atoms with Gasteiger partial charge in [0.05, 0.1) is 17.7 Å². The second-order valence-electron chi connectivity index (χ2n) is 7.58. The lowest BCUT2D eigenvalue weighted by Crippen LogP contribution is -2.41. The van der Waals surface area contributed by atoms with Crippen LogP contribution in [0.4, 0.5) is 10.1 Å². The number of ether oxygens (including phenoxy) is 1. The van der Waals surface area contributed by atoms with E-state index < -0.39 is 28.3 Å². The molecule has 0 saturated heterocycles. The monoisotopic (exact) mass is 470 g/mol. The third-order valence-electron chi connectivity index (χ3n) is 5.14. The van der Waals surface area contributed by atoms with Gasteiger partial charge in [0.1, 0.15) is 18.1 Å². The molecule has 3 rings (SSSR count). The van der Waals surface area contributed by atoms with E-state index in [2.05, 4.69) is 5.32 Å². The number of amides is 1. The number of carbonyl (C=O) groups is 1. The highest BCUT2D eigenvalue weighted by Crippen LogP contribution is 2.27. The quantitative estimate of drug-likeness (QED) is 0.453. The Morgan fingerprint density at radius 1 is 1.00 bits per heavy atom. The van der Waals surface area contributed by atoms with Crippen LogP contribution in [0.5, 0.6) is 5.75 Å². The zero-order valence-electron chi connectivity index (χ0n) is 18.6. The number of hydrogen-bond donors (Lipinski definition) is 1. The van der Waals surface area contributed by atoms with Gasteiger partial charge in [0.25, 0.3) is 10.0 Å². The Balaban J connectivity index is 1.72. The second kappa shape index (κ2) is 11.0. The number of aryl methyl sites for hydroxylation is 2. The number of benzene rings is 3. The normalized spacial score (nSPS) is 11.1. The minimum Gasteiger partial charge on any atom is -0.497 e. The summed E-state index contributed by atoms with van der Waals surface area (Å²) in [7, 11) is -2.73. The summed E-state index contributed by atoms with van der Waals surface area (Å²) in [5.74, 6) is -0.765. The molecule has 0 aliphatic heterocycles. The van der Waals surface area contributed by atoms with Crippen molar-refractivity contribution in [2.45, 2.75) is 24.7 Å². The predicted molar refractivity (Wildman–Crippen MR) is 126 cm³/mol. The maximum atomic E-state index is 14.5. The molecule has 0 aliphatic rings. The SMILES string of the molecule is COc1ccc(S(=O)(=O)N(CC(=O)NCCCc2ccc(C)cc2)c2ccccc2F)cc1. The van der Waals surface area contributed by atoms with E-state index in [1.165, 1.54) is 55.1 Å². The molecule has 33 heavy (non-hydrogen) atoms. The lowest BCUT2D eigenvalue weighted by molar-refractivity contribution is -0.119. The van der Waals surface area contributed by atoms with E-state index in [-0.39, 0.29) is 10.6 Å². The lowest BCUT2D eigenvalue weighted by Gasteiger charge is -2.24. The Bertz CT molecular complexity index is 1180. The van der Waals surface area contributed by atoms with Gasteiger partial charge in [0, 0.05) is 6.54 Å². The van der Waals surface area contributed by atoms with Gasteiger partial charge in [0.2, 0.25) is 5.91 Å². The maximum absolute atomic E-state index is 14.5. The number of nitrogens with one attached hydrogen (secondary N) is 1. The Morgan fingerprint density at radius 2 is 1.67 bits per heavy atom. The molecule has 0 spiro atoms. The van der Waals surface area contributed by atoms with Gasteiger partial charge < -0.3 is 10.1 Å². The first-order chi connectivity index (χ1) is 15.8. The van der Waals surface area contributed by atoms with Crippen LogP contribution in [0.1, 0.15) is 17.5 Å². The molecule has 0 heterocycles. The second-order valence-corrected chi connectivity index (χ2v) is 9.44. The van der Waals surface area contributed by atoms with Crippen molar-refractivity contribution < 1.29 is 22.3 Å². The first-order valence-corrected chi connectivity index (χ1v) is 12.0. The topological polar surface area (TPSA) is 75.7 Å². The van der Waals surface area contributed by atoms with Crippen LogP contribution in [-0.2, 0) is 21.2 Å². The third kappa shape index (κ3) is 6.32. The molecule has 0 aliphatic carbocycles. The van der Waals surface area contributed by atoms with E-state index in [0.29, 0.717) is 18.7 Å². The smallest absolute Gasteiger partial charge is 0.264 e. The molecule has 0 unspecified atom stereocenters. The number of methoxy groups -OCH3 is 1. The van der Waals surface area contributed by atoms with E-state index in [9.17, 15) is 17.6 Å². The summed E-state index contributed by atoms with van der Waals surface area (Å²) < 4.78 is 47.0. The highest BCUT2D eigenvalue weighted by atomic mass is 32.2. The molecule has 8 heteroatoms. The molecule has 3 aromatic rings. The van der Waals surface area contributed by atoms with Crippen molar-refractivity contribution in [2.24, 2.45) is 0 Å². The molecule has 0 aromatic heterocycles. The van der Waals surface area contributed by atoms with Crippen molar-refractivity contribution >= 4 is 21.6 Å². The van der Waals surface area contributed by atoms with Gasteiger partial charge in [-0.25, -0.2) is 12.8 Å². The van der Waals surface area contributed by atoms with Crippen LogP contribution >= 0.6 is 0 Å². The number of hydrogen-bond acceptors (Lipinski definition) is 4. The molecular weight excluding hydrogens is 443 g/mol. The Hall–Kier alpha value is -3.39. The molecule has 6 nitrogen and oxygen atoms in total. The van der Waals surface area contributed by atoms with Gasteiger partial charge in [-0.2, -0.15) is 0 Å². The van der Waals surface area contributed by atoms with Gasteiger partial charge in [0.15, 0.2) is 0 Å². The van der Waals surface area contributed by atoms with Crippen LogP contribution in [-0.4, -0.2) is 34.5 Å². The lowest BCUT2D eigenvalue weighted by atomic mass is 10.1. The highest BCUT2D eigenvalue weighted by molar-refractivity contribution is 7.92. The van der Waals surface area contributed by atoms with E-state index in [0.717, 1.165) is 22.4 Å². The van der Waals surface area contributed by atoms with Gasteiger partial charge in [-0.05, 0) is 61.7 Å². The van der Waals surface area contributed by atoms with Crippen molar-refractivity contribution in [3.05, 3.63) is 89.7 Å². The molecule has 0 atom stereocenters. The minimum atomic E-state index is -4.20. The number of para-hydroxylation sites is 1. The van der Waals surface area contributed by atoms with E-state index in [4.69, 9.17) is 4.74 Å². The zero-order chi connectivity index (χ0) is 23.8. The Kier molecular flexibility index (Phi) is 8.06. The van der Waals surface area contributed by atoms with Gasteiger partial charge in [-0.15, -0.1) is 0 Å². The standard InChI is InChI=1S/C25H27FN2O4S/c1-19-9-11-20(12-10-19)6-5-17-27-25(29)18-28(24-8-4-3-7-23(24)26)33(30,31)22-15-13-21(32-2)14-16-22/h3-4,7-16H,5-6,17-18H2,1-2H3,(H,27,29). The van der Waals surface area contributed by atoms with Crippen molar-refractivity contribution in [2.75, 3.05) is 24.5 Å². The first-order valence-electron chi connectivity index (χ1n) is 10.5. The number of rotatable bonds is 10. The van der Waals surface area contributed by atoms with Gasteiger partial charge in [-0.3, -0.25) is 9.10 Å². The summed E-state index contributed by atoms with van der Waals surface area (Å²) >= 11 is 0. The summed E-state index contributed by atoms with van der Waals surface area (Å²) in [6, 6.07) is 19.3. The third-order valence-corrected chi connectivity index (χ3v) is 6.91. The first kappa shape index (κ1) is 24.3. The van der Waals surface area contributed by atoms with Crippen LogP contribution in [0.3, 0.4) is 0 Å². The number of halogens is 1. The van der Waals surface area contributed by atoms with Crippen molar-refractivity contribution in [3.8, 4) is 5.75 Å². The number of carbonyl (C=O) groups excluding carboxylic acids is 1. The average molecular weight is 471 g/mol. The molecule has 0 saturated carbocycles. The molecule has 3 aromatic carbocycles. The molecule has 0 fully saturated rings. The summed E-state index contributed by atoms with van der Waals surface area (Å²) in [5, 5.41) is 2.74. The molecule has 174 valence electrons. The number of anilines is 1. The predicted octanol–water partition coefficient (Wildman–Crippen LogP) is 4.09. The molecule has 1 amide bonds. The largest absolute Gasteiger partial charge is 0.497 e. The fraction of sp³-hybridized carbons (Fsp3) is 0.240. The van der Waals surface area contributed by atoms with Crippen molar-refractivity contribution in [1.82, 2.24) is 5.32 Å².